The van der Waals surface area contributed by atoms with Gasteiger partial charge >= 0.3 is 0 Å². The average molecular weight is 504 g/mol. The van der Waals surface area contributed by atoms with Gasteiger partial charge in [0.25, 0.3) is 0 Å². The maximum atomic E-state index is 14.3. The molecule has 0 amide bonds. The molecule has 37 heavy (non-hydrogen) atoms. The minimum Gasteiger partial charge on any atom is -0.378 e. The molecule has 0 saturated carbocycles. The van der Waals surface area contributed by atoms with Crippen LogP contribution in [0.15, 0.2) is 60.7 Å². The first kappa shape index (κ1) is 23.8. The van der Waals surface area contributed by atoms with E-state index in [1.807, 2.05) is 12.1 Å². The van der Waals surface area contributed by atoms with Gasteiger partial charge in [-0.2, -0.15) is 9.97 Å². The normalized spacial score (nSPS) is 18.9. The van der Waals surface area contributed by atoms with Crippen LogP contribution in [-0.2, 0) is 4.74 Å². The largest absolute Gasteiger partial charge is 0.378 e. The van der Waals surface area contributed by atoms with E-state index in [0.717, 1.165) is 83.0 Å². The second-order valence-electron chi connectivity index (χ2n) is 9.72. The van der Waals surface area contributed by atoms with E-state index in [9.17, 15) is 4.39 Å². The van der Waals surface area contributed by atoms with Crippen molar-refractivity contribution in [2.24, 2.45) is 0 Å². The number of nitrogens with zero attached hydrogens (tertiary/aromatic N) is 7. The third kappa shape index (κ3) is 5.27. The number of anilines is 5. The van der Waals surface area contributed by atoms with Crippen LogP contribution in [0, 0.1) is 5.82 Å². The molecule has 4 heterocycles. The molecule has 0 unspecified atom stereocenters. The first-order valence-electron chi connectivity index (χ1n) is 13.3. The predicted octanol–water partition coefficient (Wildman–Crippen LogP) is 3.11. The Morgan fingerprint density at radius 1 is 0.568 bits per heavy atom. The van der Waals surface area contributed by atoms with E-state index in [1.54, 1.807) is 6.07 Å². The molecule has 3 aliphatic rings. The Hall–Kier alpha value is -3.59. The minimum atomic E-state index is -0.162. The highest BCUT2D eigenvalue weighted by atomic mass is 19.1. The summed E-state index contributed by atoms with van der Waals surface area (Å²) in [6, 6.07) is 19.7. The summed E-state index contributed by atoms with van der Waals surface area (Å²) in [7, 11) is 0. The van der Waals surface area contributed by atoms with Crippen LogP contribution in [0.4, 0.5) is 33.3 Å². The van der Waals surface area contributed by atoms with E-state index in [-0.39, 0.29) is 5.82 Å². The van der Waals surface area contributed by atoms with Crippen LogP contribution >= 0.6 is 0 Å². The molecule has 1 aromatic heterocycles. The number of halogens is 1. The van der Waals surface area contributed by atoms with Crippen molar-refractivity contribution in [2.75, 3.05) is 103 Å². The van der Waals surface area contributed by atoms with E-state index in [2.05, 4.69) is 60.9 Å². The summed E-state index contributed by atoms with van der Waals surface area (Å²) in [5, 5.41) is 0. The molecule has 3 aromatic rings. The van der Waals surface area contributed by atoms with Gasteiger partial charge < -0.3 is 29.2 Å². The lowest BCUT2D eigenvalue weighted by atomic mass is 10.2. The summed E-state index contributed by atoms with van der Waals surface area (Å²) in [5.74, 6) is 2.54. The highest BCUT2D eigenvalue weighted by molar-refractivity contribution is 5.58. The van der Waals surface area contributed by atoms with Gasteiger partial charge in [-0.15, -0.1) is 0 Å². The van der Waals surface area contributed by atoms with Crippen LogP contribution < -0.4 is 24.5 Å². The van der Waals surface area contributed by atoms with Crippen LogP contribution in [0.5, 0.6) is 0 Å². The summed E-state index contributed by atoms with van der Waals surface area (Å²) in [5.41, 5.74) is 1.94. The standard InChI is InChI=1S/C28H34FN7O/c29-24-8-4-5-9-25(24)33-12-14-34(15-13-33)26-22-27(35-18-20-37-21-19-35)31-28(30-26)36-16-10-32(11-17-36)23-6-2-1-3-7-23/h1-9,22H,10-21H2. The molecule has 3 saturated heterocycles. The van der Waals surface area contributed by atoms with Gasteiger partial charge in [0.2, 0.25) is 5.95 Å². The third-order valence-corrected chi connectivity index (χ3v) is 7.50. The first-order chi connectivity index (χ1) is 18.2. The van der Waals surface area contributed by atoms with E-state index in [1.165, 1.54) is 11.8 Å². The summed E-state index contributed by atoms with van der Waals surface area (Å²) in [4.78, 5) is 21.6. The number of para-hydroxylation sites is 2. The molecule has 0 bridgehead atoms. The van der Waals surface area contributed by atoms with Gasteiger partial charge in [0.1, 0.15) is 17.5 Å². The van der Waals surface area contributed by atoms with Crippen molar-refractivity contribution in [3.8, 4) is 0 Å². The van der Waals surface area contributed by atoms with Crippen LogP contribution in [-0.4, -0.2) is 88.6 Å². The van der Waals surface area contributed by atoms with Crippen molar-refractivity contribution in [3.05, 3.63) is 66.5 Å². The quantitative estimate of drug-likeness (QED) is 0.527. The highest BCUT2D eigenvalue weighted by Gasteiger charge is 2.25. The predicted molar refractivity (Wildman–Crippen MR) is 147 cm³/mol. The first-order valence-corrected chi connectivity index (χ1v) is 13.3. The van der Waals surface area contributed by atoms with Crippen molar-refractivity contribution < 1.29 is 9.13 Å². The Morgan fingerprint density at radius 2 is 1.11 bits per heavy atom. The minimum absolute atomic E-state index is 0.162. The Balaban J connectivity index is 1.20. The van der Waals surface area contributed by atoms with Crippen molar-refractivity contribution in [1.29, 1.82) is 0 Å². The van der Waals surface area contributed by atoms with Gasteiger partial charge in [0.15, 0.2) is 0 Å². The number of piperazine rings is 2. The van der Waals surface area contributed by atoms with Gasteiger partial charge in [-0.1, -0.05) is 30.3 Å². The lowest BCUT2D eigenvalue weighted by molar-refractivity contribution is 0.122. The number of rotatable bonds is 5. The van der Waals surface area contributed by atoms with E-state index in [4.69, 9.17) is 14.7 Å². The van der Waals surface area contributed by atoms with Gasteiger partial charge in [-0.25, -0.2) is 4.39 Å². The smallest absolute Gasteiger partial charge is 0.229 e. The maximum Gasteiger partial charge on any atom is 0.229 e. The number of hydrogen-bond acceptors (Lipinski definition) is 8. The molecule has 0 atom stereocenters. The molecule has 0 radical (unpaired) electrons. The van der Waals surface area contributed by atoms with E-state index in [0.29, 0.717) is 18.9 Å². The summed E-state index contributed by atoms with van der Waals surface area (Å²) in [6.07, 6.45) is 0. The zero-order chi connectivity index (χ0) is 25.0. The second kappa shape index (κ2) is 10.8. The molecule has 3 aliphatic heterocycles. The number of ether oxygens (including phenoxy) is 1. The summed E-state index contributed by atoms with van der Waals surface area (Å²) in [6.45, 7) is 9.80. The third-order valence-electron chi connectivity index (χ3n) is 7.50. The van der Waals surface area contributed by atoms with Crippen LogP contribution in [0.2, 0.25) is 0 Å². The van der Waals surface area contributed by atoms with Crippen LogP contribution in [0.3, 0.4) is 0 Å². The molecule has 9 heteroatoms. The zero-order valence-corrected chi connectivity index (χ0v) is 21.2. The van der Waals surface area contributed by atoms with E-state index < -0.39 is 0 Å². The Kier molecular flexibility index (Phi) is 6.94. The van der Waals surface area contributed by atoms with Crippen molar-refractivity contribution >= 4 is 29.0 Å². The topological polar surface area (TPSA) is 51.2 Å². The fourth-order valence-corrected chi connectivity index (χ4v) is 5.36. The molecule has 0 aliphatic carbocycles. The fraction of sp³-hybridized carbons (Fsp3) is 0.429. The molecular formula is C28H34FN7O. The number of benzene rings is 2. The van der Waals surface area contributed by atoms with Crippen LogP contribution in [0.25, 0.3) is 0 Å². The Labute approximate surface area is 217 Å². The number of hydrogen-bond donors (Lipinski definition) is 0. The SMILES string of the molecule is Fc1ccccc1N1CCN(c2cc(N3CCOCC3)nc(N3CCN(c4ccccc4)CC3)n2)CC1. The summed E-state index contributed by atoms with van der Waals surface area (Å²) < 4.78 is 19.9. The van der Waals surface area contributed by atoms with Crippen molar-refractivity contribution in [3.63, 3.8) is 0 Å². The summed E-state index contributed by atoms with van der Waals surface area (Å²) >= 11 is 0. The monoisotopic (exact) mass is 503 g/mol. The molecule has 2 aromatic carbocycles. The fourth-order valence-electron chi connectivity index (χ4n) is 5.36. The van der Waals surface area contributed by atoms with Crippen LogP contribution in [0.1, 0.15) is 0 Å². The highest BCUT2D eigenvalue weighted by Crippen LogP contribution is 2.27. The zero-order valence-electron chi connectivity index (χ0n) is 21.2. The Morgan fingerprint density at radius 3 is 1.78 bits per heavy atom. The van der Waals surface area contributed by atoms with E-state index >= 15 is 0 Å². The molecule has 194 valence electrons. The Bertz CT molecular complexity index is 1170. The lowest BCUT2D eigenvalue weighted by Gasteiger charge is -2.39. The average Bonchev–Trinajstić information content (AvgIpc) is 2.98. The molecule has 6 rings (SSSR count). The van der Waals surface area contributed by atoms with Gasteiger partial charge in [-0.05, 0) is 24.3 Å². The molecule has 0 N–H and O–H groups in total. The number of morpholine rings is 1. The maximum absolute atomic E-state index is 14.3. The lowest BCUT2D eigenvalue weighted by Crippen LogP contribution is -2.48. The van der Waals surface area contributed by atoms with Gasteiger partial charge in [0, 0.05) is 77.2 Å². The van der Waals surface area contributed by atoms with Crippen molar-refractivity contribution in [2.45, 2.75) is 0 Å². The van der Waals surface area contributed by atoms with Crippen molar-refractivity contribution in [1.82, 2.24) is 9.97 Å². The van der Waals surface area contributed by atoms with Gasteiger partial charge in [-0.3, -0.25) is 0 Å². The molecule has 0 spiro atoms. The van der Waals surface area contributed by atoms with Gasteiger partial charge in [0.05, 0.1) is 18.9 Å². The second-order valence-corrected chi connectivity index (χ2v) is 9.72. The molecular weight excluding hydrogens is 469 g/mol. The number of aromatic nitrogens is 2. The molecule has 8 nitrogen and oxygen atoms in total. The molecule has 3 fully saturated rings.